The average molecular weight is 428 g/mol. The summed E-state index contributed by atoms with van der Waals surface area (Å²) in [4.78, 5) is 20.2. The molecule has 31 heavy (non-hydrogen) atoms. The van der Waals surface area contributed by atoms with E-state index in [1.54, 1.807) is 0 Å². The largest absolute Gasteiger partial charge is 0.375 e. The molecule has 3 aliphatic heterocycles. The molecule has 3 heterocycles. The molecular formula is C26H41N3O2. The lowest BCUT2D eigenvalue weighted by Gasteiger charge is -2.49. The predicted octanol–water partition coefficient (Wildman–Crippen LogP) is 3.43. The highest BCUT2D eigenvalue weighted by atomic mass is 16.5. The van der Waals surface area contributed by atoms with Crippen LogP contribution < -0.4 is 0 Å². The number of carbonyl (C=O) groups excluding carboxylic acids is 1. The van der Waals surface area contributed by atoms with Gasteiger partial charge in [-0.3, -0.25) is 9.69 Å². The van der Waals surface area contributed by atoms with Crippen LogP contribution in [0, 0.1) is 5.92 Å². The summed E-state index contributed by atoms with van der Waals surface area (Å²) in [6.07, 6.45) is 5.74. The van der Waals surface area contributed by atoms with Gasteiger partial charge < -0.3 is 14.5 Å². The molecule has 1 spiro atoms. The molecule has 0 bridgehead atoms. The number of aryl methyl sites for hydroxylation is 1. The zero-order valence-electron chi connectivity index (χ0n) is 19.6. The van der Waals surface area contributed by atoms with Crippen LogP contribution in [0.1, 0.15) is 51.5 Å². The fraction of sp³-hybridized carbons (Fsp3) is 0.731. The third kappa shape index (κ3) is 6.09. The Labute approximate surface area is 188 Å². The van der Waals surface area contributed by atoms with Crippen LogP contribution in [0.3, 0.4) is 0 Å². The van der Waals surface area contributed by atoms with Crippen molar-refractivity contribution in [3.8, 4) is 0 Å². The minimum atomic E-state index is -0.00576. The summed E-state index contributed by atoms with van der Waals surface area (Å²) in [5.74, 6) is 1.05. The third-order valence-electron chi connectivity index (χ3n) is 7.51. The zero-order valence-corrected chi connectivity index (χ0v) is 19.6. The Hall–Kier alpha value is -1.43. The Morgan fingerprint density at radius 2 is 1.77 bits per heavy atom. The van der Waals surface area contributed by atoms with Crippen molar-refractivity contribution >= 4 is 5.91 Å². The molecule has 1 aromatic rings. The van der Waals surface area contributed by atoms with Crippen molar-refractivity contribution in [3.63, 3.8) is 0 Å². The van der Waals surface area contributed by atoms with E-state index < -0.39 is 0 Å². The maximum Gasteiger partial charge on any atom is 0.222 e. The Balaban J connectivity index is 1.23. The zero-order chi connectivity index (χ0) is 21.7. The molecule has 0 aromatic heterocycles. The monoisotopic (exact) mass is 427 g/mol. The van der Waals surface area contributed by atoms with E-state index in [2.05, 4.69) is 40.7 Å². The summed E-state index contributed by atoms with van der Waals surface area (Å²) >= 11 is 0. The average Bonchev–Trinajstić information content (AvgIpc) is 2.79. The minimum absolute atomic E-state index is 0.00576. The van der Waals surface area contributed by atoms with E-state index >= 15 is 0 Å². The van der Waals surface area contributed by atoms with E-state index in [9.17, 15) is 4.79 Å². The van der Waals surface area contributed by atoms with E-state index in [0.717, 1.165) is 57.7 Å². The Bertz CT molecular complexity index is 692. The van der Waals surface area contributed by atoms with Crippen LogP contribution in [-0.2, 0) is 16.0 Å². The van der Waals surface area contributed by atoms with Crippen LogP contribution in [0.25, 0.3) is 0 Å². The molecule has 5 nitrogen and oxygen atoms in total. The number of amides is 1. The topological polar surface area (TPSA) is 36.0 Å². The van der Waals surface area contributed by atoms with Gasteiger partial charge in [0.25, 0.3) is 0 Å². The maximum absolute atomic E-state index is 12.7. The van der Waals surface area contributed by atoms with Crippen molar-refractivity contribution in [1.82, 2.24) is 14.7 Å². The van der Waals surface area contributed by atoms with Crippen molar-refractivity contribution < 1.29 is 9.53 Å². The first-order valence-corrected chi connectivity index (χ1v) is 12.5. The van der Waals surface area contributed by atoms with Gasteiger partial charge in [-0.1, -0.05) is 44.2 Å². The van der Waals surface area contributed by atoms with Crippen LogP contribution in [0.5, 0.6) is 0 Å². The highest BCUT2D eigenvalue weighted by Crippen LogP contribution is 2.37. The van der Waals surface area contributed by atoms with Crippen molar-refractivity contribution in [2.45, 2.75) is 64.0 Å². The van der Waals surface area contributed by atoms with Gasteiger partial charge in [-0.2, -0.15) is 0 Å². The number of carbonyl (C=O) groups is 1. The van der Waals surface area contributed by atoms with Crippen molar-refractivity contribution in [2.75, 3.05) is 52.4 Å². The standard InChI is InChI=1S/C26H41N3O2/c1-22(2)21-27-15-17-28(18-16-27)24-10-19-31-26(20-24)11-13-29(14-12-26)25(30)9-8-23-6-4-3-5-7-23/h3-7,22,24H,8-21H2,1-2H3. The fourth-order valence-corrected chi connectivity index (χ4v) is 5.71. The molecule has 5 heteroatoms. The molecule has 1 unspecified atom stereocenters. The van der Waals surface area contributed by atoms with Crippen molar-refractivity contribution in [2.24, 2.45) is 5.92 Å². The number of hydrogen-bond donors (Lipinski definition) is 0. The van der Waals surface area contributed by atoms with Crippen molar-refractivity contribution in [3.05, 3.63) is 35.9 Å². The summed E-state index contributed by atoms with van der Waals surface area (Å²) in [6, 6.07) is 11.0. The molecule has 0 radical (unpaired) electrons. The Morgan fingerprint density at radius 1 is 1.06 bits per heavy atom. The predicted molar refractivity (Wildman–Crippen MR) is 125 cm³/mol. The van der Waals surface area contributed by atoms with Crippen molar-refractivity contribution in [1.29, 1.82) is 0 Å². The van der Waals surface area contributed by atoms with Gasteiger partial charge in [0.05, 0.1) is 5.60 Å². The lowest BCUT2D eigenvalue weighted by Crippen LogP contribution is -2.57. The summed E-state index contributed by atoms with van der Waals surface area (Å²) < 4.78 is 6.38. The van der Waals surface area contributed by atoms with Crippen LogP contribution in [-0.4, -0.2) is 84.7 Å². The third-order valence-corrected chi connectivity index (χ3v) is 7.51. The fourth-order valence-electron chi connectivity index (χ4n) is 5.71. The molecule has 0 N–H and O–H groups in total. The number of ether oxygens (including phenoxy) is 1. The molecule has 172 valence electrons. The van der Waals surface area contributed by atoms with E-state index in [1.165, 1.54) is 38.3 Å². The van der Waals surface area contributed by atoms with Crippen LogP contribution >= 0.6 is 0 Å². The number of rotatable bonds is 6. The number of benzene rings is 1. The van der Waals surface area contributed by atoms with Gasteiger partial charge in [-0.05, 0) is 43.6 Å². The lowest BCUT2D eigenvalue weighted by molar-refractivity contribution is -0.150. The smallest absolute Gasteiger partial charge is 0.222 e. The Kier molecular flexibility index (Phi) is 7.68. The summed E-state index contributed by atoms with van der Waals surface area (Å²) in [5, 5.41) is 0. The van der Waals surface area contributed by atoms with Gasteiger partial charge in [0.15, 0.2) is 0 Å². The number of piperidine rings is 1. The highest BCUT2D eigenvalue weighted by Gasteiger charge is 2.42. The molecule has 1 amide bonds. The number of hydrogen-bond acceptors (Lipinski definition) is 4. The second-order valence-electron chi connectivity index (χ2n) is 10.3. The maximum atomic E-state index is 12.7. The second-order valence-corrected chi connectivity index (χ2v) is 10.3. The van der Waals surface area contributed by atoms with Gasteiger partial charge in [-0.15, -0.1) is 0 Å². The number of piperazine rings is 1. The van der Waals surface area contributed by atoms with E-state index in [-0.39, 0.29) is 5.60 Å². The Morgan fingerprint density at radius 3 is 2.45 bits per heavy atom. The van der Waals surface area contributed by atoms with Gasteiger partial charge in [0.2, 0.25) is 5.91 Å². The summed E-state index contributed by atoms with van der Waals surface area (Å²) in [5.41, 5.74) is 1.24. The second kappa shape index (κ2) is 10.5. The van der Waals surface area contributed by atoms with E-state index in [0.29, 0.717) is 18.4 Å². The van der Waals surface area contributed by atoms with Gasteiger partial charge in [0.1, 0.15) is 0 Å². The van der Waals surface area contributed by atoms with Crippen LogP contribution in [0.2, 0.25) is 0 Å². The van der Waals surface area contributed by atoms with Crippen LogP contribution in [0.15, 0.2) is 30.3 Å². The molecule has 3 saturated heterocycles. The molecule has 3 aliphatic rings. The lowest BCUT2D eigenvalue weighted by atomic mass is 9.81. The number of likely N-dealkylation sites (tertiary alicyclic amines) is 1. The van der Waals surface area contributed by atoms with E-state index in [1.807, 2.05) is 18.2 Å². The van der Waals surface area contributed by atoms with Crippen LogP contribution in [0.4, 0.5) is 0 Å². The highest BCUT2D eigenvalue weighted by molar-refractivity contribution is 5.76. The molecular weight excluding hydrogens is 386 g/mol. The molecule has 1 aromatic carbocycles. The SMILES string of the molecule is CC(C)CN1CCN(C2CCOC3(CCN(C(=O)CCc4ccccc4)CC3)C2)CC1. The molecule has 4 rings (SSSR count). The quantitative estimate of drug-likeness (QED) is 0.697. The molecule has 0 aliphatic carbocycles. The van der Waals surface area contributed by atoms with Gasteiger partial charge in [0, 0.05) is 64.9 Å². The van der Waals surface area contributed by atoms with Gasteiger partial charge >= 0.3 is 0 Å². The van der Waals surface area contributed by atoms with Gasteiger partial charge in [-0.25, -0.2) is 0 Å². The molecule has 3 fully saturated rings. The first-order valence-electron chi connectivity index (χ1n) is 12.5. The normalized spacial score (nSPS) is 25.3. The summed E-state index contributed by atoms with van der Waals surface area (Å²) in [7, 11) is 0. The summed E-state index contributed by atoms with van der Waals surface area (Å²) in [6.45, 7) is 13.2. The number of nitrogens with zero attached hydrogens (tertiary/aromatic N) is 3. The first-order chi connectivity index (χ1) is 15.0. The van der Waals surface area contributed by atoms with E-state index in [4.69, 9.17) is 4.74 Å². The molecule has 0 saturated carbocycles. The molecule has 1 atom stereocenters. The minimum Gasteiger partial charge on any atom is -0.375 e. The first kappa shape index (κ1) is 22.8.